The van der Waals surface area contributed by atoms with Gasteiger partial charge in [0, 0.05) is 19.4 Å². The van der Waals surface area contributed by atoms with Gasteiger partial charge in [-0.05, 0) is 6.42 Å². The van der Waals surface area contributed by atoms with Crippen molar-refractivity contribution in [2.45, 2.75) is 37.5 Å². The summed E-state index contributed by atoms with van der Waals surface area (Å²) >= 11 is 0. The maximum Gasteiger partial charge on any atom is 0.326 e. The van der Waals surface area contributed by atoms with Crippen molar-refractivity contribution in [3.8, 4) is 0 Å². The summed E-state index contributed by atoms with van der Waals surface area (Å²) < 4.78 is 0. The van der Waals surface area contributed by atoms with Gasteiger partial charge in [0.05, 0.1) is 6.10 Å². The summed E-state index contributed by atoms with van der Waals surface area (Å²) in [5.74, 6) is -1.74. The van der Waals surface area contributed by atoms with Crippen LogP contribution < -0.4 is 5.32 Å². The number of aliphatic hydroxyl groups is 1. The van der Waals surface area contributed by atoms with E-state index in [2.05, 4.69) is 5.32 Å². The fraction of sp³-hybridized carbons (Fsp3) is 0.700. The van der Waals surface area contributed by atoms with Crippen molar-refractivity contribution in [1.29, 1.82) is 0 Å². The van der Waals surface area contributed by atoms with E-state index in [-0.39, 0.29) is 25.3 Å². The van der Waals surface area contributed by atoms with Crippen molar-refractivity contribution in [2.75, 3.05) is 6.54 Å². The van der Waals surface area contributed by atoms with Crippen molar-refractivity contribution >= 4 is 17.8 Å². The lowest BCUT2D eigenvalue weighted by atomic mass is 10.1. The standard InChI is InChI=1S/C10H14N2O5/c13-5-3-7(10(16)17)12(4-5)9(15)6-1-2-8(14)11-6/h5-7,13H,1-4H2,(H,11,14)(H,16,17)/t5-,6?,7-/m0/s1. The van der Waals surface area contributed by atoms with Crippen LogP contribution in [-0.4, -0.2) is 57.6 Å². The molecular weight excluding hydrogens is 228 g/mol. The minimum Gasteiger partial charge on any atom is -0.480 e. The average Bonchev–Trinajstić information content (AvgIpc) is 2.83. The van der Waals surface area contributed by atoms with Gasteiger partial charge in [0.25, 0.3) is 0 Å². The number of hydrogen-bond donors (Lipinski definition) is 3. The van der Waals surface area contributed by atoms with Gasteiger partial charge < -0.3 is 20.4 Å². The Kier molecular flexibility index (Phi) is 3.01. The second-order valence-corrected chi connectivity index (χ2v) is 4.39. The van der Waals surface area contributed by atoms with Crippen LogP contribution in [0, 0.1) is 0 Å². The van der Waals surface area contributed by atoms with E-state index in [9.17, 15) is 19.5 Å². The molecule has 0 saturated carbocycles. The lowest BCUT2D eigenvalue weighted by Gasteiger charge is -2.24. The molecule has 0 aliphatic carbocycles. The number of nitrogens with one attached hydrogen (secondary N) is 1. The van der Waals surface area contributed by atoms with E-state index in [0.717, 1.165) is 4.90 Å². The predicted molar refractivity (Wildman–Crippen MR) is 54.9 cm³/mol. The summed E-state index contributed by atoms with van der Waals surface area (Å²) in [6.07, 6.45) is -0.0970. The molecular formula is C10H14N2O5. The Bertz CT molecular complexity index is 370. The molecule has 3 atom stereocenters. The number of likely N-dealkylation sites (tertiary alicyclic amines) is 1. The highest BCUT2D eigenvalue weighted by atomic mass is 16.4. The lowest BCUT2D eigenvalue weighted by Crippen LogP contribution is -2.49. The quantitative estimate of drug-likeness (QED) is 0.535. The van der Waals surface area contributed by atoms with Gasteiger partial charge in [0.1, 0.15) is 12.1 Å². The molecule has 7 nitrogen and oxygen atoms in total. The van der Waals surface area contributed by atoms with Gasteiger partial charge in [-0.1, -0.05) is 0 Å². The molecule has 2 aliphatic heterocycles. The van der Waals surface area contributed by atoms with E-state index >= 15 is 0 Å². The fourth-order valence-electron chi connectivity index (χ4n) is 2.29. The van der Waals surface area contributed by atoms with Gasteiger partial charge in [-0.25, -0.2) is 4.79 Å². The highest BCUT2D eigenvalue weighted by Gasteiger charge is 2.42. The topological polar surface area (TPSA) is 107 Å². The third-order valence-electron chi connectivity index (χ3n) is 3.14. The van der Waals surface area contributed by atoms with Crippen LogP contribution in [0.5, 0.6) is 0 Å². The summed E-state index contributed by atoms with van der Waals surface area (Å²) in [5, 5.41) is 20.9. The van der Waals surface area contributed by atoms with Crippen LogP contribution in [0.4, 0.5) is 0 Å². The second kappa shape index (κ2) is 4.33. The Morgan fingerprint density at radius 2 is 2.12 bits per heavy atom. The lowest BCUT2D eigenvalue weighted by molar-refractivity contribution is -0.149. The highest BCUT2D eigenvalue weighted by Crippen LogP contribution is 2.21. The van der Waals surface area contributed by atoms with Crippen LogP contribution in [0.2, 0.25) is 0 Å². The number of carboxylic acids is 1. The Balaban J connectivity index is 2.07. The summed E-state index contributed by atoms with van der Waals surface area (Å²) in [4.78, 5) is 35.1. The first kappa shape index (κ1) is 11.8. The highest BCUT2D eigenvalue weighted by molar-refractivity contribution is 5.93. The Hall–Kier alpha value is -1.63. The molecule has 0 aromatic carbocycles. The van der Waals surface area contributed by atoms with E-state index in [1.807, 2.05) is 0 Å². The average molecular weight is 242 g/mol. The Morgan fingerprint density at radius 3 is 2.65 bits per heavy atom. The minimum absolute atomic E-state index is 0.0160. The molecule has 0 aromatic rings. The third-order valence-corrected chi connectivity index (χ3v) is 3.14. The SMILES string of the molecule is O=C1CCC(C(=O)N2C[C@@H](O)C[C@H]2C(=O)O)N1. The molecule has 0 spiro atoms. The largest absolute Gasteiger partial charge is 0.480 e. The van der Waals surface area contributed by atoms with Gasteiger partial charge in [-0.3, -0.25) is 9.59 Å². The van der Waals surface area contributed by atoms with Crippen molar-refractivity contribution in [2.24, 2.45) is 0 Å². The molecule has 0 radical (unpaired) electrons. The number of hydrogen-bond acceptors (Lipinski definition) is 4. The number of aliphatic hydroxyl groups excluding tert-OH is 1. The minimum atomic E-state index is -1.13. The summed E-state index contributed by atoms with van der Waals surface area (Å²) in [6.45, 7) is 0.0160. The Labute approximate surface area is 97.4 Å². The molecule has 2 aliphatic rings. The zero-order valence-electron chi connectivity index (χ0n) is 9.13. The molecule has 2 amide bonds. The summed E-state index contributed by atoms with van der Waals surface area (Å²) in [6, 6.07) is -1.63. The zero-order chi connectivity index (χ0) is 12.6. The van der Waals surface area contributed by atoms with Crippen molar-refractivity contribution in [3.63, 3.8) is 0 Å². The van der Waals surface area contributed by atoms with E-state index in [1.54, 1.807) is 0 Å². The number of β-amino-alcohol motifs (C(OH)–C–C–N with tert-alkyl or cyclic N) is 1. The molecule has 94 valence electrons. The predicted octanol–water partition coefficient (Wildman–Crippen LogP) is -1.69. The Morgan fingerprint density at radius 1 is 1.41 bits per heavy atom. The van der Waals surface area contributed by atoms with Gasteiger partial charge in [0.15, 0.2) is 0 Å². The monoisotopic (exact) mass is 242 g/mol. The first-order valence-electron chi connectivity index (χ1n) is 5.49. The van der Waals surface area contributed by atoms with Crippen molar-refractivity contribution in [1.82, 2.24) is 10.2 Å². The van der Waals surface area contributed by atoms with Crippen LogP contribution in [0.25, 0.3) is 0 Å². The van der Waals surface area contributed by atoms with Gasteiger partial charge in [-0.2, -0.15) is 0 Å². The van der Waals surface area contributed by atoms with Crippen LogP contribution in [0.1, 0.15) is 19.3 Å². The smallest absolute Gasteiger partial charge is 0.326 e. The molecule has 2 saturated heterocycles. The van der Waals surface area contributed by atoms with Crippen LogP contribution in [0.3, 0.4) is 0 Å². The number of aliphatic carboxylic acids is 1. The third kappa shape index (κ3) is 2.23. The number of rotatable bonds is 2. The zero-order valence-corrected chi connectivity index (χ0v) is 9.13. The molecule has 2 heterocycles. The number of nitrogens with zero attached hydrogens (tertiary/aromatic N) is 1. The second-order valence-electron chi connectivity index (χ2n) is 4.39. The molecule has 17 heavy (non-hydrogen) atoms. The van der Waals surface area contributed by atoms with Crippen LogP contribution >= 0.6 is 0 Å². The van der Waals surface area contributed by atoms with Crippen molar-refractivity contribution < 1.29 is 24.6 Å². The number of carbonyl (C=O) groups is 3. The first-order chi connectivity index (χ1) is 7.99. The molecule has 2 rings (SSSR count). The molecule has 0 aromatic heterocycles. The summed E-state index contributed by atoms with van der Waals surface area (Å²) in [5.41, 5.74) is 0. The van der Waals surface area contributed by atoms with E-state index in [1.165, 1.54) is 0 Å². The van der Waals surface area contributed by atoms with Crippen molar-refractivity contribution in [3.05, 3.63) is 0 Å². The summed E-state index contributed by atoms with van der Waals surface area (Å²) in [7, 11) is 0. The van der Waals surface area contributed by atoms with E-state index in [4.69, 9.17) is 5.11 Å². The molecule has 7 heteroatoms. The molecule has 3 N–H and O–H groups in total. The van der Waals surface area contributed by atoms with Crippen LogP contribution in [-0.2, 0) is 14.4 Å². The molecule has 2 fully saturated rings. The molecule has 1 unspecified atom stereocenters. The molecule has 0 bridgehead atoms. The number of carbonyl (C=O) groups excluding carboxylic acids is 2. The van der Waals surface area contributed by atoms with E-state index in [0.29, 0.717) is 6.42 Å². The van der Waals surface area contributed by atoms with Gasteiger partial charge >= 0.3 is 5.97 Å². The first-order valence-corrected chi connectivity index (χ1v) is 5.49. The number of carboxylic acid groups (broad SMARTS) is 1. The van der Waals surface area contributed by atoms with Gasteiger partial charge in [0.2, 0.25) is 11.8 Å². The van der Waals surface area contributed by atoms with E-state index < -0.39 is 30.1 Å². The normalized spacial score (nSPS) is 32.6. The number of amides is 2. The van der Waals surface area contributed by atoms with Crippen LogP contribution in [0.15, 0.2) is 0 Å². The van der Waals surface area contributed by atoms with Gasteiger partial charge in [-0.15, -0.1) is 0 Å². The fourth-order valence-corrected chi connectivity index (χ4v) is 2.29. The maximum absolute atomic E-state index is 12.0. The maximum atomic E-state index is 12.0.